The van der Waals surface area contributed by atoms with E-state index in [0.29, 0.717) is 6.54 Å². The summed E-state index contributed by atoms with van der Waals surface area (Å²) in [5, 5.41) is 25.2. The van der Waals surface area contributed by atoms with Gasteiger partial charge in [-0.15, -0.1) is 11.3 Å². The number of amides is 2. The number of aromatic nitrogens is 1. The lowest BCUT2D eigenvalue weighted by atomic mass is 10.2. The van der Waals surface area contributed by atoms with Crippen LogP contribution in [0.5, 0.6) is 0 Å². The number of carbonyl (C=O) groups is 2. The van der Waals surface area contributed by atoms with E-state index in [2.05, 4.69) is 15.6 Å². The molecule has 2 atom stereocenters. The average molecular weight is 287 g/mol. The van der Waals surface area contributed by atoms with Crippen LogP contribution < -0.4 is 10.6 Å². The normalized spacial score (nSPS) is 13.6. The number of nitrogens with zero attached hydrogens (tertiary/aromatic N) is 1. The smallest absolute Gasteiger partial charge is 0.326 e. The van der Waals surface area contributed by atoms with Gasteiger partial charge in [0.1, 0.15) is 6.04 Å². The van der Waals surface area contributed by atoms with Crippen LogP contribution in [0.1, 0.15) is 24.3 Å². The zero-order valence-electron chi connectivity index (χ0n) is 10.5. The second-order valence-corrected chi connectivity index (χ2v) is 4.96. The number of nitrogens with one attached hydrogen (secondary N) is 2. The SMILES string of the molecule is CC(CNC(=O)N[C@@H](CCO)C(=O)O)c1nccs1. The molecule has 0 radical (unpaired) electrons. The zero-order chi connectivity index (χ0) is 14.3. The van der Waals surface area contributed by atoms with Gasteiger partial charge in [0.05, 0.1) is 5.01 Å². The van der Waals surface area contributed by atoms with Gasteiger partial charge in [-0.25, -0.2) is 14.6 Å². The number of rotatable bonds is 7. The van der Waals surface area contributed by atoms with Gasteiger partial charge in [0.2, 0.25) is 0 Å². The molecule has 0 saturated heterocycles. The fourth-order valence-electron chi connectivity index (χ4n) is 1.41. The molecule has 0 bridgehead atoms. The minimum absolute atomic E-state index is 0.0230. The first-order chi connectivity index (χ1) is 9.04. The zero-order valence-corrected chi connectivity index (χ0v) is 11.3. The molecule has 8 heteroatoms. The van der Waals surface area contributed by atoms with Crippen molar-refractivity contribution in [3.8, 4) is 0 Å². The Kier molecular flexibility index (Phi) is 6.23. The van der Waals surface area contributed by atoms with E-state index < -0.39 is 18.0 Å². The highest BCUT2D eigenvalue weighted by molar-refractivity contribution is 7.09. The molecular weight excluding hydrogens is 270 g/mol. The predicted octanol–water partition coefficient (Wildman–Crippen LogP) is 0.381. The lowest BCUT2D eigenvalue weighted by Crippen LogP contribution is -2.47. The van der Waals surface area contributed by atoms with Gasteiger partial charge in [-0.2, -0.15) is 0 Å². The maximum absolute atomic E-state index is 11.5. The molecule has 19 heavy (non-hydrogen) atoms. The summed E-state index contributed by atoms with van der Waals surface area (Å²) in [6.07, 6.45) is 1.67. The largest absolute Gasteiger partial charge is 0.480 e. The molecule has 2 amide bonds. The number of aliphatic carboxylic acids is 1. The van der Waals surface area contributed by atoms with Crippen LogP contribution in [0.25, 0.3) is 0 Å². The Morgan fingerprint density at radius 1 is 1.53 bits per heavy atom. The van der Waals surface area contributed by atoms with Gasteiger partial charge >= 0.3 is 12.0 Å². The molecule has 0 aromatic carbocycles. The van der Waals surface area contributed by atoms with Crippen LogP contribution in [0.4, 0.5) is 4.79 Å². The standard InChI is InChI=1S/C11H17N3O4S/c1-7(9-12-3-5-19-9)6-13-11(18)14-8(2-4-15)10(16)17/h3,5,7-8,15H,2,4,6H2,1H3,(H,16,17)(H2,13,14,18)/t7?,8-/m0/s1. The van der Waals surface area contributed by atoms with Crippen LogP contribution in [-0.4, -0.2) is 46.4 Å². The number of carboxylic acids is 1. The molecule has 1 rings (SSSR count). The maximum atomic E-state index is 11.5. The molecule has 0 saturated carbocycles. The van der Waals surface area contributed by atoms with E-state index in [-0.39, 0.29) is 18.9 Å². The summed E-state index contributed by atoms with van der Waals surface area (Å²) in [4.78, 5) is 26.4. The third-order valence-corrected chi connectivity index (χ3v) is 3.47. The van der Waals surface area contributed by atoms with Crippen molar-refractivity contribution < 1.29 is 19.8 Å². The maximum Gasteiger partial charge on any atom is 0.326 e. The van der Waals surface area contributed by atoms with Crippen LogP contribution >= 0.6 is 11.3 Å². The average Bonchev–Trinajstić information content (AvgIpc) is 2.89. The minimum atomic E-state index is -1.17. The number of thiazole rings is 1. The summed E-state index contributed by atoms with van der Waals surface area (Å²) in [7, 11) is 0. The van der Waals surface area contributed by atoms with Gasteiger partial charge in [-0.3, -0.25) is 0 Å². The fourth-order valence-corrected chi connectivity index (χ4v) is 2.11. The van der Waals surface area contributed by atoms with Gasteiger partial charge in [-0.05, 0) is 0 Å². The Labute approximate surface area is 114 Å². The van der Waals surface area contributed by atoms with Crippen molar-refractivity contribution >= 4 is 23.3 Å². The molecule has 0 aliphatic rings. The minimum Gasteiger partial charge on any atom is -0.480 e. The summed E-state index contributed by atoms with van der Waals surface area (Å²) in [5.41, 5.74) is 0. The van der Waals surface area contributed by atoms with E-state index in [0.717, 1.165) is 5.01 Å². The Hall–Kier alpha value is -1.67. The Bertz CT molecular complexity index is 410. The molecule has 0 aliphatic carbocycles. The lowest BCUT2D eigenvalue weighted by Gasteiger charge is -2.15. The Morgan fingerprint density at radius 3 is 2.79 bits per heavy atom. The molecule has 0 aliphatic heterocycles. The molecule has 106 valence electrons. The first-order valence-electron chi connectivity index (χ1n) is 5.82. The quantitative estimate of drug-likeness (QED) is 0.579. The molecule has 1 aromatic heterocycles. The predicted molar refractivity (Wildman–Crippen MR) is 70.2 cm³/mol. The first-order valence-corrected chi connectivity index (χ1v) is 6.70. The van der Waals surface area contributed by atoms with Gasteiger partial charge in [0.25, 0.3) is 0 Å². The van der Waals surface area contributed by atoms with Gasteiger partial charge < -0.3 is 20.8 Å². The van der Waals surface area contributed by atoms with Crippen LogP contribution in [0.3, 0.4) is 0 Å². The molecule has 1 unspecified atom stereocenters. The number of aliphatic hydroxyl groups excluding tert-OH is 1. The summed E-state index contributed by atoms with van der Waals surface area (Å²) >= 11 is 1.50. The monoisotopic (exact) mass is 287 g/mol. The Balaban J connectivity index is 2.36. The van der Waals surface area contributed by atoms with Crippen LogP contribution in [0.15, 0.2) is 11.6 Å². The summed E-state index contributed by atoms with van der Waals surface area (Å²) in [5.74, 6) is -1.11. The number of carboxylic acid groups (broad SMARTS) is 1. The van der Waals surface area contributed by atoms with Crippen molar-refractivity contribution in [2.75, 3.05) is 13.2 Å². The van der Waals surface area contributed by atoms with Crippen LogP contribution in [-0.2, 0) is 4.79 Å². The third kappa shape index (κ3) is 5.23. The van der Waals surface area contributed by atoms with Gasteiger partial charge in [-0.1, -0.05) is 6.92 Å². The van der Waals surface area contributed by atoms with Crippen molar-refractivity contribution in [3.05, 3.63) is 16.6 Å². The van der Waals surface area contributed by atoms with Crippen LogP contribution in [0, 0.1) is 0 Å². The number of aliphatic hydroxyl groups is 1. The Morgan fingerprint density at radius 2 is 2.26 bits per heavy atom. The molecule has 0 fully saturated rings. The third-order valence-electron chi connectivity index (χ3n) is 2.46. The van der Waals surface area contributed by atoms with Crippen molar-refractivity contribution in [2.24, 2.45) is 0 Å². The number of carbonyl (C=O) groups excluding carboxylic acids is 1. The first kappa shape index (κ1) is 15.4. The fraction of sp³-hybridized carbons (Fsp3) is 0.545. The molecule has 1 heterocycles. The van der Waals surface area contributed by atoms with E-state index in [1.807, 2.05) is 12.3 Å². The molecule has 1 aromatic rings. The highest BCUT2D eigenvalue weighted by Crippen LogP contribution is 2.16. The summed E-state index contributed by atoms with van der Waals surface area (Å²) < 4.78 is 0. The number of hydrogen-bond acceptors (Lipinski definition) is 5. The number of hydrogen-bond donors (Lipinski definition) is 4. The second-order valence-electron chi connectivity index (χ2n) is 4.03. The van der Waals surface area contributed by atoms with Crippen molar-refractivity contribution in [1.82, 2.24) is 15.6 Å². The molecule has 0 spiro atoms. The molecular formula is C11H17N3O4S. The highest BCUT2D eigenvalue weighted by atomic mass is 32.1. The second kappa shape index (κ2) is 7.70. The van der Waals surface area contributed by atoms with E-state index in [1.54, 1.807) is 6.20 Å². The van der Waals surface area contributed by atoms with E-state index >= 15 is 0 Å². The van der Waals surface area contributed by atoms with Crippen molar-refractivity contribution in [1.29, 1.82) is 0 Å². The highest BCUT2D eigenvalue weighted by Gasteiger charge is 2.19. The van der Waals surface area contributed by atoms with Crippen LogP contribution in [0.2, 0.25) is 0 Å². The van der Waals surface area contributed by atoms with E-state index in [4.69, 9.17) is 10.2 Å². The topological polar surface area (TPSA) is 112 Å². The van der Waals surface area contributed by atoms with Crippen molar-refractivity contribution in [3.63, 3.8) is 0 Å². The van der Waals surface area contributed by atoms with E-state index in [1.165, 1.54) is 11.3 Å². The summed E-state index contributed by atoms with van der Waals surface area (Å²) in [6, 6.07) is -1.65. The van der Waals surface area contributed by atoms with Gasteiger partial charge in [0, 0.05) is 37.1 Å². The molecule has 7 nitrogen and oxygen atoms in total. The molecule has 4 N–H and O–H groups in total. The van der Waals surface area contributed by atoms with E-state index in [9.17, 15) is 9.59 Å². The number of urea groups is 1. The lowest BCUT2D eigenvalue weighted by molar-refractivity contribution is -0.139. The summed E-state index contributed by atoms with van der Waals surface area (Å²) in [6.45, 7) is 1.99. The van der Waals surface area contributed by atoms with Gasteiger partial charge in [0.15, 0.2) is 0 Å². The van der Waals surface area contributed by atoms with Crippen molar-refractivity contribution in [2.45, 2.75) is 25.3 Å².